The molecule has 1 aliphatic rings. The monoisotopic (exact) mass is 211 g/mol. The Hall–Kier alpha value is -1.27. The van der Waals surface area contributed by atoms with Gasteiger partial charge in [-0.15, -0.1) is 0 Å². The molecule has 0 saturated carbocycles. The van der Waals surface area contributed by atoms with Crippen LogP contribution in [0.5, 0.6) is 0 Å². The first-order valence-electron chi connectivity index (χ1n) is 4.03. The standard InChI is InChI=1S/C8H9N3O2S/c1-10-6-3-2-5(11(12)13)4-7(6)14-8(10)9/h2-4,8H,9H2,1H3. The molecule has 0 aliphatic carbocycles. The summed E-state index contributed by atoms with van der Waals surface area (Å²) < 4.78 is 0. The molecule has 1 aromatic rings. The number of nitrogens with zero attached hydrogens (tertiary/aromatic N) is 2. The molecule has 5 nitrogen and oxygen atoms in total. The fraction of sp³-hybridized carbons (Fsp3) is 0.250. The zero-order valence-corrected chi connectivity index (χ0v) is 8.32. The number of thioether (sulfide) groups is 1. The van der Waals surface area contributed by atoms with Crippen molar-refractivity contribution in [2.75, 3.05) is 11.9 Å². The summed E-state index contributed by atoms with van der Waals surface area (Å²) >= 11 is 1.43. The molecule has 0 amide bonds. The van der Waals surface area contributed by atoms with Gasteiger partial charge in [0.1, 0.15) is 5.50 Å². The highest BCUT2D eigenvalue weighted by Crippen LogP contribution is 2.41. The normalized spacial score (nSPS) is 19.6. The molecule has 74 valence electrons. The lowest BCUT2D eigenvalue weighted by molar-refractivity contribution is -0.385. The maximum absolute atomic E-state index is 10.5. The lowest BCUT2D eigenvalue weighted by atomic mass is 10.2. The Kier molecular flexibility index (Phi) is 2.09. The van der Waals surface area contributed by atoms with Crippen molar-refractivity contribution in [1.82, 2.24) is 0 Å². The lowest BCUT2D eigenvalue weighted by Gasteiger charge is -2.16. The van der Waals surface area contributed by atoms with Crippen LogP contribution in [0.4, 0.5) is 11.4 Å². The smallest absolute Gasteiger partial charge is 0.270 e. The summed E-state index contributed by atoms with van der Waals surface area (Å²) in [4.78, 5) is 12.9. The summed E-state index contributed by atoms with van der Waals surface area (Å²) in [6.45, 7) is 0. The summed E-state index contributed by atoms with van der Waals surface area (Å²) in [5, 5.41) is 10.5. The van der Waals surface area contributed by atoms with Crippen molar-refractivity contribution in [3.05, 3.63) is 28.3 Å². The predicted molar refractivity (Wildman–Crippen MR) is 55.3 cm³/mol. The number of nitro groups is 1. The second-order valence-electron chi connectivity index (χ2n) is 3.03. The van der Waals surface area contributed by atoms with Gasteiger partial charge in [-0.3, -0.25) is 10.1 Å². The van der Waals surface area contributed by atoms with Gasteiger partial charge in [-0.2, -0.15) is 0 Å². The minimum absolute atomic E-state index is 0.110. The molecule has 0 radical (unpaired) electrons. The Morgan fingerprint density at radius 3 is 3.00 bits per heavy atom. The van der Waals surface area contributed by atoms with Gasteiger partial charge in [0.2, 0.25) is 0 Å². The third-order valence-electron chi connectivity index (χ3n) is 2.16. The number of anilines is 1. The Bertz CT molecular complexity index is 396. The Morgan fingerprint density at radius 2 is 2.36 bits per heavy atom. The number of nitro benzene ring substituents is 1. The molecule has 2 rings (SSSR count). The van der Waals surface area contributed by atoms with Crippen LogP contribution in [-0.4, -0.2) is 17.5 Å². The molecular formula is C8H9N3O2S. The highest BCUT2D eigenvalue weighted by Gasteiger charge is 2.25. The van der Waals surface area contributed by atoms with E-state index in [4.69, 9.17) is 5.73 Å². The molecule has 0 saturated heterocycles. The number of fused-ring (bicyclic) bond motifs is 1. The number of hydrogen-bond donors (Lipinski definition) is 1. The van der Waals surface area contributed by atoms with Gasteiger partial charge in [0, 0.05) is 24.1 Å². The van der Waals surface area contributed by atoms with E-state index < -0.39 is 4.92 Å². The molecule has 1 atom stereocenters. The molecule has 1 aliphatic heterocycles. The largest absolute Gasteiger partial charge is 0.349 e. The van der Waals surface area contributed by atoms with E-state index in [1.54, 1.807) is 12.1 Å². The van der Waals surface area contributed by atoms with Crippen molar-refractivity contribution in [3.63, 3.8) is 0 Å². The Morgan fingerprint density at radius 1 is 1.64 bits per heavy atom. The maximum Gasteiger partial charge on any atom is 0.270 e. The van der Waals surface area contributed by atoms with Crippen LogP contribution in [0.2, 0.25) is 0 Å². The van der Waals surface area contributed by atoms with Crippen LogP contribution in [0, 0.1) is 10.1 Å². The zero-order chi connectivity index (χ0) is 10.3. The van der Waals surface area contributed by atoms with Crippen LogP contribution < -0.4 is 10.6 Å². The first-order chi connectivity index (χ1) is 6.59. The van der Waals surface area contributed by atoms with Gasteiger partial charge in [-0.25, -0.2) is 0 Å². The molecule has 0 bridgehead atoms. The molecule has 0 fully saturated rings. The van der Waals surface area contributed by atoms with E-state index in [0.29, 0.717) is 0 Å². The minimum Gasteiger partial charge on any atom is -0.349 e. The number of benzene rings is 1. The number of rotatable bonds is 1. The van der Waals surface area contributed by atoms with E-state index >= 15 is 0 Å². The molecule has 1 unspecified atom stereocenters. The van der Waals surface area contributed by atoms with Gasteiger partial charge in [0.05, 0.1) is 10.6 Å². The molecule has 14 heavy (non-hydrogen) atoms. The summed E-state index contributed by atoms with van der Waals surface area (Å²) in [6.07, 6.45) is 0. The van der Waals surface area contributed by atoms with Crippen molar-refractivity contribution in [2.24, 2.45) is 5.73 Å². The van der Waals surface area contributed by atoms with E-state index in [0.717, 1.165) is 10.6 Å². The van der Waals surface area contributed by atoms with Crippen LogP contribution in [0.1, 0.15) is 0 Å². The Labute approximate surface area is 85.0 Å². The molecule has 6 heteroatoms. The van der Waals surface area contributed by atoms with Crippen LogP contribution in [0.3, 0.4) is 0 Å². The molecular weight excluding hydrogens is 202 g/mol. The molecule has 0 spiro atoms. The van der Waals surface area contributed by atoms with Gasteiger partial charge in [0.15, 0.2) is 0 Å². The SMILES string of the molecule is CN1c2ccc([N+](=O)[O-])cc2SC1N. The second kappa shape index (κ2) is 3.14. The van der Waals surface area contributed by atoms with E-state index in [2.05, 4.69) is 0 Å². The van der Waals surface area contributed by atoms with Crippen LogP contribution >= 0.6 is 11.8 Å². The molecule has 1 heterocycles. The lowest BCUT2D eigenvalue weighted by Crippen LogP contribution is -2.32. The number of nitrogens with two attached hydrogens (primary N) is 1. The minimum atomic E-state index is -0.398. The first kappa shape index (κ1) is 9.29. The summed E-state index contributed by atoms with van der Waals surface area (Å²) in [6, 6.07) is 4.78. The zero-order valence-electron chi connectivity index (χ0n) is 7.51. The molecule has 1 aromatic carbocycles. The van der Waals surface area contributed by atoms with Crippen molar-refractivity contribution >= 4 is 23.1 Å². The van der Waals surface area contributed by atoms with Gasteiger partial charge in [-0.05, 0) is 6.07 Å². The van der Waals surface area contributed by atoms with Crippen molar-refractivity contribution in [3.8, 4) is 0 Å². The van der Waals surface area contributed by atoms with E-state index in [9.17, 15) is 10.1 Å². The summed E-state index contributed by atoms with van der Waals surface area (Å²) in [5.74, 6) is 0. The second-order valence-corrected chi connectivity index (χ2v) is 4.19. The summed E-state index contributed by atoms with van der Waals surface area (Å²) in [5.41, 5.74) is 6.69. The van der Waals surface area contributed by atoms with Gasteiger partial charge >= 0.3 is 0 Å². The topological polar surface area (TPSA) is 72.4 Å². The van der Waals surface area contributed by atoms with Crippen molar-refractivity contribution in [1.29, 1.82) is 0 Å². The first-order valence-corrected chi connectivity index (χ1v) is 4.91. The summed E-state index contributed by atoms with van der Waals surface area (Å²) in [7, 11) is 1.87. The fourth-order valence-electron chi connectivity index (χ4n) is 1.35. The number of non-ortho nitro benzene ring substituents is 1. The highest BCUT2D eigenvalue weighted by atomic mass is 32.2. The quantitative estimate of drug-likeness (QED) is 0.561. The van der Waals surface area contributed by atoms with Gasteiger partial charge < -0.3 is 10.6 Å². The maximum atomic E-state index is 10.5. The molecule has 0 aromatic heterocycles. The van der Waals surface area contributed by atoms with E-state index in [-0.39, 0.29) is 11.2 Å². The highest BCUT2D eigenvalue weighted by molar-refractivity contribution is 8.00. The van der Waals surface area contributed by atoms with Crippen LogP contribution in [-0.2, 0) is 0 Å². The average Bonchev–Trinajstić information content (AvgIpc) is 2.42. The third kappa shape index (κ3) is 1.32. The average molecular weight is 211 g/mol. The van der Waals surface area contributed by atoms with Crippen molar-refractivity contribution in [2.45, 2.75) is 10.4 Å². The van der Waals surface area contributed by atoms with E-state index in [1.807, 2.05) is 11.9 Å². The Balaban J connectivity index is 2.44. The fourth-order valence-corrected chi connectivity index (χ4v) is 2.40. The van der Waals surface area contributed by atoms with E-state index in [1.165, 1.54) is 17.8 Å². The third-order valence-corrected chi connectivity index (χ3v) is 3.30. The molecule has 2 N–H and O–H groups in total. The van der Waals surface area contributed by atoms with Gasteiger partial charge in [-0.1, -0.05) is 11.8 Å². The van der Waals surface area contributed by atoms with Gasteiger partial charge in [0.25, 0.3) is 5.69 Å². The number of hydrogen-bond acceptors (Lipinski definition) is 5. The predicted octanol–water partition coefficient (Wildman–Crippen LogP) is 1.38. The van der Waals surface area contributed by atoms with Crippen LogP contribution in [0.25, 0.3) is 0 Å². The van der Waals surface area contributed by atoms with Crippen LogP contribution in [0.15, 0.2) is 23.1 Å². The van der Waals surface area contributed by atoms with Crippen molar-refractivity contribution < 1.29 is 4.92 Å².